The van der Waals surface area contributed by atoms with Crippen molar-refractivity contribution in [2.75, 3.05) is 7.11 Å². The van der Waals surface area contributed by atoms with Crippen molar-refractivity contribution < 1.29 is 34.1 Å². The number of carboxylic acid groups (broad SMARTS) is 1. The van der Waals surface area contributed by atoms with Gasteiger partial charge >= 0.3 is 5.97 Å². The molecule has 1 aromatic carbocycles. The molecule has 0 spiro atoms. The zero-order valence-corrected chi connectivity index (χ0v) is 10.9. The Morgan fingerprint density at radius 3 is 2.36 bits per heavy atom. The number of aliphatic carboxylic acids is 1. The van der Waals surface area contributed by atoms with Crippen LogP contribution in [0.15, 0.2) is 30.3 Å². The predicted octanol–water partition coefficient (Wildman–Crippen LogP) is 1.79. The van der Waals surface area contributed by atoms with Crippen LogP contribution in [0.2, 0.25) is 0 Å². The molecule has 1 aromatic rings. The summed E-state index contributed by atoms with van der Waals surface area (Å²) < 4.78 is 4.95. The van der Waals surface area contributed by atoms with Gasteiger partial charge in [-0.2, -0.15) is 0 Å². The van der Waals surface area contributed by atoms with Crippen LogP contribution >= 0.6 is 0 Å². The Labute approximate surface area is 95.2 Å². The minimum atomic E-state index is -0.948. The molecule has 0 fully saturated rings. The van der Waals surface area contributed by atoms with Gasteiger partial charge in [-0.3, -0.25) is 0 Å². The van der Waals surface area contributed by atoms with Crippen LogP contribution < -0.4 is 4.74 Å². The smallest absolute Gasteiger partial charge is 0.328 e. The van der Waals surface area contributed by atoms with Gasteiger partial charge in [-0.1, -0.05) is 12.1 Å². The van der Waals surface area contributed by atoms with E-state index in [9.17, 15) is 4.79 Å². The van der Waals surface area contributed by atoms with Crippen molar-refractivity contribution in [1.29, 1.82) is 0 Å². The average molecular weight is 244 g/mol. The fourth-order valence-electron chi connectivity index (χ4n) is 0.883. The van der Waals surface area contributed by atoms with Crippen LogP contribution in [0.5, 0.6) is 5.75 Å². The summed E-state index contributed by atoms with van der Waals surface area (Å²) in [5.74, 6) is -0.191. The Morgan fingerprint density at radius 2 is 1.93 bits per heavy atom. The second kappa shape index (κ2) is 6.33. The van der Waals surface area contributed by atoms with E-state index in [1.807, 2.05) is 0 Å². The third-order valence-corrected chi connectivity index (χ3v) is 1.53. The van der Waals surface area contributed by atoms with E-state index < -0.39 is 5.97 Å². The van der Waals surface area contributed by atoms with E-state index in [-0.39, 0.29) is 19.5 Å². The van der Waals surface area contributed by atoms with Gasteiger partial charge in [0.25, 0.3) is 0 Å². The third kappa shape index (κ3) is 4.19. The Bertz CT molecular complexity index is 317. The van der Waals surface area contributed by atoms with Crippen LogP contribution in [0.1, 0.15) is 5.56 Å². The first kappa shape index (κ1) is 12.9. The number of ether oxygens (including phenoxy) is 1. The molecule has 1 rings (SSSR count). The predicted molar refractivity (Wildman–Crippen MR) is 49.7 cm³/mol. The molecule has 0 aromatic heterocycles. The van der Waals surface area contributed by atoms with Gasteiger partial charge in [0.15, 0.2) is 0 Å². The maximum atomic E-state index is 10.2. The van der Waals surface area contributed by atoms with Crippen molar-refractivity contribution in [2.24, 2.45) is 0 Å². The minimum absolute atomic E-state index is 0. The molecule has 3 nitrogen and oxygen atoms in total. The molecule has 0 saturated heterocycles. The van der Waals surface area contributed by atoms with Gasteiger partial charge in [0.1, 0.15) is 5.75 Å². The number of rotatable bonds is 3. The number of benzene rings is 1. The molecule has 0 aliphatic rings. The molecule has 0 radical (unpaired) electrons. The van der Waals surface area contributed by atoms with Crippen LogP contribution in [0, 0.1) is 0 Å². The van der Waals surface area contributed by atoms with Gasteiger partial charge < -0.3 is 9.84 Å². The Balaban J connectivity index is 0.00000169. The van der Waals surface area contributed by atoms with Gasteiger partial charge in [-0.05, 0) is 23.8 Å². The molecule has 0 aliphatic carbocycles. The van der Waals surface area contributed by atoms with Crippen LogP contribution in [0.25, 0.3) is 6.08 Å². The Hall–Kier alpha value is -1.15. The van der Waals surface area contributed by atoms with E-state index in [4.69, 9.17) is 9.84 Å². The molecule has 14 heavy (non-hydrogen) atoms. The van der Waals surface area contributed by atoms with E-state index >= 15 is 0 Å². The average Bonchev–Trinajstić information content (AvgIpc) is 2.15. The number of hydrogen-bond acceptors (Lipinski definition) is 2. The fourth-order valence-corrected chi connectivity index (χ4v) is 0.883. The molecule has 0 aliphatic heterocycles. The van der Waals surface area contributed by atoms with E-state index in [1.165, 1.54) is 6.08 Å². The first-order chi connectivity index (χ1) is 6.22. The zero-order valence-electron chi connectivity index (χ0n) is 7.93. The first-order valence-corrected chi connectivity index (χ1v) is 3.77. The first-order valence-electron chi connectivity index (χ1n) is 3.77. The molecular weight excluding hydrogens is 233 g/mol. The molecule has 1 N–H and O–H groups in total. The molecule has 0 unspecified atom stereocenters. The van der Waals surface area contributed by atoms with Gasteiger partial charge in [0, 0.05) is 25.6 Å². The van der Waals surface area contributed by atoms with Crippen molar-refractivity contribution in [3.8, 4) is 5.75 Å². The Morgan fingerprint density at radius 1 is 1.36 bits per heavy atom. The molecule has 0 amide bonds. The number of hydrogen-bond donors (Lipinski definition) is 1. The van der Waals surface area contributed by atoms with Crippen molar-refractivity contribution in [3.63, 3.8) is 0 Å². The minimum Gasteiger partial charge on any atom is -0.497 e. The standard InChI is InChI=1S/C10H10O3.Zn/c1-13-9-5-2-8(3-6-9)4-7-10(11)12;/h2-7H,1H3,(H,11,12);. The molecule has 0 heterocycles. The molecule has 0 saturated carbocycles. The quantitative estimate of drug-likeness (QED) is 0.650. The van der Waals surface area contributed by atoms with Crippen molar-refractivity contribution >= 4 is 12.0 Å². The molecule has 0 bridgehead atoms. The van der Waals surface area contributed by atoms with E-state index in [2.05, 4.69) is 0 Å². The second-order valence-corrected chi connectivity index (χ2v) is 2.44. The number of carbonyl (C=O) groups is 1. The molecule has 0 atom stereocenters. The van der Waals surface area contributed by atoms with Crippen LogP contribution in [0.3, 0.4) is 0 Å². The van der Waals surface area contributed by atoms with Gasteiger partial charge in [-0.15, -0.1) is 0 Å². The summed E-state index contributed by atoms with van der Waals surface area (Å²) in [6, 6.07) is 7.14. The molecular formula is C10H10O3Zn. The van der Waals surface area contributed by atoms with E-state index in [0.29, 0.717) is 0 Å². The monoisotopic (exact) mass is 242 g/mol. The van der Waals surface area contributed by atoms with Crippen LogP contribution in [-0.4, -0.2) is 18.2 Å². The van der Waals surface area contributed by atoms with Crippen molar-refractivity contribution in [3.05, 3.63) is 35.9 Å². The topological polar surface area (TPSA) is 46.5 Å². The van der Waals surface area contributed by atoms with Crippen LogP contribution in [-0.2, 0) is 24.3 Å². The van der Waals surface area contributed by atoms with Gasteiger partial charge in [0.05, 0.1) is 7.11 Å². The fraction of sp³-hybridized carbons (Fsp3) is 0.100. The maximum Gasteiger partial charge on any atom is 0.328 e. The summed E-state index contributed by atoms with van der Waals surface area (Å²) in [5.41, 5.74) is 0.836. The summed E-state index contributed by atoms with van der Waals surface area (Å²) in [6.07, 6.45) is 2.63. The summed E-state index contributed by atoms with van der Waals surface area (Å²) in [5, 5.41) is 8.36. The summed E-state index contributed by atoms with van der Waals surface area (Å²) >= 11 is 0. The van der Waals surface area contributed by atoms with E-state index in [1.54, 1.807) is 31.4 Å². The van der Waals surface area contributed by atoms with Crippen LogP contribution in [0.4, 0.5) is 0 Å². The summed E-state index contributed by atoms with van der Waals surface area (Å²) in [6.45, 7) is 0. The summed E-state index contributed by atoms with van der Waals surface area (Å²) in [7, 11) is 1.59. The SMILES string of the molecule is COc1ccc(C=CC(=O)O)cc1.[Zn]. The maximum absolute atomic E-state index is 10.2. The third-order valence-electron chi connectivity index (χ3n) is 1.53. The van der Waals surface area contributed by atoms with Crippen molar-refractivity contribution in [1.82, 2.24) is 0 Å². The van der Waals surface area contributed by atoms with Crippen molar-refractivity contribution in [2.45, 2.75) is 0 Å². The zero-order chi connectivity index (χ0) is 9.68. The number of methoxy groups -OCH3 is 1. The largest absolute Gasteiger partial charge is 0.497 e. The molecule has 70 valence electrons. The number of carboxylic acids is 1. The van der Waals surface area contributed by atoms with Gasteiger partial charge in [0.2, 0.25) is 0 Å². The van der Waals surface area contributed by atoms with E-state index in [0.717, 1.165) is 17.4 Å². The second-order valence-electron chi connectivity index (χ2n) is 2.44. The normalized spacial score (nSPS) is 9.50. The van der Waals surface area contributed by atoms with Gasteiger partial charge in [-0.25, -0.2) is 4.79 Å². The summed E-state index contributed by atoms with van der Waals surface area (Å²) in [4.78, 5) is 10.2. The Kier molecular flexibility index (Phi) is 5.81. The molecule has 4 heteroatoms.